The Bertz CT molecular complexity index is 862. The average molecular weight is 350 g/mol. The zero-order valence-electron chi connectivity index (χ0n) is 12.6. The fourth-order valence-corrected chi connectivity index (χ4v) is 2.59. The summed E-state index contributed by atoms with van der Waals surface area (Å²) in [6.07, 6.45) is -2.91. The van der Waals surface area contributed by atoms with Crippen LogP contribution in [0.25, 0.3) is 0 Å². The van der Waals surface area contributed by atoms with Crippen LogP contribution >= 0.6 is 0 Å². The lowest BCUT2D eigenvalue weighted by molar-refractivity contribution is -0.137. The number of halogens is 3. The number of hydrazine groups is 2. The predicted octanol–water partition coefficient (Wildman–Crippen LogP) is 3.07. The first-order chi connectivity index (χ1) is 11.4. The van der Waals surface area contributed by atoms with Crippen molar-refractivity contribution in [1.82, 2.24) is 5.53 Å². The Morgan fingerprint density at radius 3 is 2.32 bits per heavy atom. The SMILES string of the molecule is O.OC1=C2C=Nc3ccccc3N2NN1c1ccc(C(F)(F)F)cc1. The predicted molar refractivity (Wildman–Crippen MR) is 87.4 cm³/mol. The molecule has 0 spiro atoms. The Morgan fingerprint density at radius 1 is 0.960 bits per heavy atom. The highest BCUT2D eigenvalue weighted by atomic mass is 19.4. The number of nitrogens with zero attached hydrogens (tertiary/aromatic N) is 3. The molecule has 2 aromatic carbocycles. The normalized spacial score (nSPS) is 15.8. The number of allylic oxidation sites excluding steroid dienone is 1. The summed E-state index contributed by atoms with van der Waals surface area (Å²) in [5.74, 6) is -0.145. The van der Waals surface area contributed by atoms with Gasteiger partial charge in [-0.25, -0.2) is 10.0 Å². The van der Waals surface area contributed by atoms with E-state index in [9.17, 15) is 18.3 Å². The van der Waals surface area contributed by atoms with Crippen molar-refractivity contribution in [3.05, 3.63) is 65.7 Å². The Morgan fingerprint density at radius 2 is 1.64 bits per heavy atom. The van der Waals surface area contributed by atoms with Gasteiger partial charge in [0.2, 0.25) is 5.88 Å². The van der Waals surface area contributed by atoms with Gasteiger partial charge in [-0.1, -0.05) is 12.1 Å². The van der Waals surface area contributed by atoms with Gasteiger partial charge in [0, 0.05) is 0 Å². The second-order valence-corrected chi connectivity index (χ2v) is 5.27. The van der Waals surface area contributed by atoms with Crippen LogP contribution < -0.4 is 15.6 Å². The molecule has 130 valence electrons. The van der Waals surface area contributed by atoms with Crippen molar-refractivity contribution in [3.8, 4) is 0 Å². The lowest BCUT2D eigenvalue weighted by Crippen LogP contribution is -2.42. The number of anilines is 2. The quantitative estimate of drug-likeness (QED) is 0.828. The molecule has 2 aromatic rings. The third-order valence-corrected chi connectivity index (χ3v) is 3.78. The second-order valence-electron chi connectivity index (χ2n) is 5.27. The van der Waals surface area contributed by atoms with Crippen LogP contribution in [0.15, 0.2) is 65.1 Å². The minimum Gasteiger partial charge on any atom is -0.492 e. The number of benzene rings is 2. The van der Waals surface area contributed by atoms with Crippen LogP contribution in [-0.4, -0.2) is 16.8 Å². The fraction of sp³-hybridized carbons (Fsp3) is 0.0625. The molecule has 0 saturated carbocycles. The number of alkyl halides is 3. The van der Waals surface area contributed by atoms with Crippen molar-refractivity contribution in [2.24, 2.45) is 4.99 Å². The highest BCUT2D eigenvalue weighted by Crippen LogP contribution is 2.38. The largest absolute Gasteiger partial charge is 0.492 e. The van der Waals surface area contributed by atoms with Gasteiger partial charge in [-0.2, -0.15) is 13.2 Å². The van der Waals surface area contributed by atoms with E-state index in [-0.39, 0.29) is 11.4 Å². The molecule has 4 N–H and O–H groups in total. The number of para-hydroxylation sites is 2. The summed E-state index contributed by atoms with van der Waals surface area (Å²) in [6, 6.07) is 11.8. The number of rotatable bonds is 1. The summed E-state index contributed by atoms with van der Waals surface area (Å²) in [5.41, 5.74) is 4.43. The zero-order chi connectivity index (χ0) is 16.9. The standard InChI is InChI=1S/C16H11F3N4O.H2O/c17-16(18,19)10-5-7-11(8-6-10)22-15(24)14-9-20-12-3-1-2-4-13(12)23(14)21-22;/h1-9,21,24H;1H2. The molecule has 0 atom stereocenters. The van der Waals surface area contributed by atoms with E-state index in [1.54, 1.807) is 5.01 Å². The van der Waals surface area contributed by atoms with Gasteiger partial charge in [0.15, 0.2) is 0 Å². The second kappa shape index (κ2) is 5.80. The molecule has 0 aromatic heterocycles. The van der Waals surface area contributed by atoms with Crippen LogP contribution in [-0.2, 0) is 6.18 Å². The van der Waals surface area contributed by atoms with Gasteiger partial charge >= 0.3 is 6.18 Å². The Labute approximate surface area is 140 Å². The van der Waals surface area contributed by atoms with Crippen LogP contribution in [0.5, 0.6) is 0 Å². The van der Waals surface area contributed by atoms with Crippen molar-refractivity contribution < 1.29 is 23.8 Å². The molecule has 2 heterocycles. The molecule has 0 radical (unpaired) electrons. The molecule has 0 saturated heterocycles. The number of nitrogens with one attached hydrogen (secondary N) is 1. The molecule has 25 heavy (non-hydrogen) atoms. The lowest BCUT2D eigenvalue weighted by atomic mass is 10.2. The molecule has 0 unspecified atom stereocenters. The minimum atomic E-state index is -4.40. The summed E-state index contributed by atoms with van der Waals surface area (Å²) < 4.78 is 38.0. The number of fused-ring (bicyclic) bond motifs is 3. The molecule has 0 fully saturated rings. The van der Waals surface area contributed by atoms with E-state index < -0.39 is 11.7 Å². The van der Waals surface area contributed by atoms with E-state index in [4.69, 9.17) is 0 Å². The van der Waals surface area contributed by atoms with Gasteiger partial charge in [-0.3, -0.25) is 4.99 Å². The molecular formula is C16H13F3N4O2. The molecule has 0 bridgehead atoms. The van der Waals surface area contributed by atoms with E-state index in [1.807, 2.05) is 24.3 Å². The first-order valence-electron chi connectivity index (χ1n) is 7.05. The number of aliphatic hydroxyl groups excluding tert-OH is 1. The van der Waals surface area contributed by atoms with E-state index in [0.717, 1.165) is 23.5 Å². The Balaban J connectivity index is 0.00000182. The van der Waals surface area contributed by atoms with Crippen molar-refractivity contribution in [3.63, 3.8) is 0 Å². The van der Waals surface area contributed by atoms with E-state index >= 15 is 0 Å². The molecule has 6 nitrogen and oxygen atoms in total. The highest BCUT2D eigenvalue weighted by Gasteiger charge is 2.34. The van der Waals surface area contributed by atoms with Gasteiger partial charge in [-0.05, 0) is 36.4 Å². The summed E-state index contributed by atoms with van der Waals surface area (Å²) >= 11 is 0. The maximum Gasteiger partial charge on any atom is 0.416 e. The van der Waals surface area contributed by atoms with Gasteiger partial charge in [0.05, 0.1) is 28.8 Å². The highest BCUT2D eigenvalue weighted by molar-refractivity contribution is 5.95. The van der Waals surface area contributed by atoms with Crippen LogP contribution in [0.4, 0.5) is 30.2 Å². The number of aliphatic imine (C=N–C) groups is 1. The summed E-state index contributed by atoms with van der Waals surface area (Å²) in [5, 5.41) is 13.3. The molecule has 0 amide bonds. The Hall–Kier alpha value is -3.04. The smallest absolute Gasteiger partial charge is 0.416 e. The van der Waals surface area contributed by atoms with Gasteiger partial charge in [0.1, 0.15) is 5.70 Å². The van der Waals surface area contributed by atoms with Crippen molar-refractivity contribution in [1.29, 1.82) is 0 Å². The molecule has 0 aliphatic carbocycles. The maximum atomic E-state index is 12.7. The van der Waals surface area contributed by atoms with E-state index in [1.165, 1.54) is 23.4 Å². The van der Waals surface area contributed by atoms with Gasteiger partial charge in [-0.15, -0.1) is 5.53 Å². The molecule has 2 aliphatic heterocycles. The van der Waals surface area contributed by atoms with Crippen molar-refractivity contribution in [2.45, 2.75) is 6.18 Å². The summed E-state index contributed by atoms with van der Waals surface area (Å²) in [7, 11) is 0. The molecule has 9 heteroatoms. The zero-order valence-corrected chi connectivity index (χ0v) is 12.6. The average Bonchev–Trinajstić information content (AvgIpc) is 2.92. The first kappa shape index (κ1) is 16.8. The molecule has 2 aliphatic rings. The van der Waals surface area contributed by atoms with Crippen molar-refractivity contribution in [2.75, 3.05) is 10.0 Å². The Kier molecular flexibility index (Phi) is 3.90. The topological polar surface area (TPSA) is 82.6 Å². The molecular weight excluding hydrogens is 337 g/mol. The van der Waals surface area contributed by atoms with Crippen LogP contribution in [0.1, 0.15) is 5.56 Å². The molecule has 4 rings (SSSR count). The number of aliphatic hydroxyl groups is 1. The number of hydrogen-bond acceptors (Lipinski definition) is 5. The van der Waals surface area contributed by atoms with Gasteiger partial charge < -0.3 is 10.6 Å². The van der Waals surface area contributed by atoms with Crippen LogP contribution in [0.3, 0.4) is 0 Å². The van der Waals surface area contributed by atoms with E-state index in [0.29, 0.717) is 11.4 Å². The van der Waals surface area contributed by atoms with Gasteiger partial charge in [0.25, 0.3) is 0 Å². The monoisotopic (exact) mass is 350 g/mol. The first-order valence-corrected chi connectivity index (χ1v) is 7.05. The van der Waals surface area contributed by atoms with Crippen LogP contribution in [0.2, 0.25) is 0 Å². The summed E-state index contributed by atoms with van der Waals surface area (Å²) in [4.78, 5) is 4.26. The third kappa shape index (κ3) is 2.69. The minimum absolute atomic E-state index is 0. The fourth-order valence-electron chi connectivity index (χ4n) is 2.59. The van der Waals surface area contributed by atoms with E-state index in [2.05, 4.69) is 10.5 Å². The van der Waals surface area contributed by atoms with Crippen LogP contribution in [0, 0.1) is 0 Å². The lowest BCUT2D eigenvalue weighted by Gasteiger charge is -2.26. The summed E-state index contributed by atoms with van der Waals surface area (Å²) in [6.45, 7) is 0. The third-order valence-electron chi connectivity index (χ3n) is 3.78. The maximum absolute atomic E-state index is 12.7. The number of hydrogen-bond donors (Lipinski definition) is 2. The van der Waals surface area contributed by atoms with Crippen molar-refractivity contribution >= 4 is 23.3 Å².